The van der Waals surface area contributed by atoms with Gasteiger partial charge in [0.05, 0.1) is 5.92 Å². The maximum Gasteiger partial charge on any atom is 0.224 e. The minimum absolute atomic E-state index is 0.0761. The maximum absolute atomic E-state index is 12.9. The van der Waals surface area contributed by atoms with Crippen LogP contribution in [0.3, 0.4) is 0 Å². The number of hydrogen-bond donors (Lipinski definition) is 1. The number of nitrogens with one attached hydrogen (secondary N) is 1. The first-order valence-electron chi connectivity index (χ1n) is 11.3. The van der Waals surface area contributed by atoms with E-state index in [2.05, 4.69) is 72.6 Å². The molecule has 2 atom stereocenters. The number of benzene rings is 2. The Hall–Kier alpha value is -2.13. The van der Waals surface area contributed by atoms with Crippen LogP contribution < -0.4 is 5.32 Å². The lowest BCUT2D eigenvalue weighted by molar-refractivity contribution is -0.126. The number of carbonyl (C=O) groups excluding carboxylic acids is 1. The van der Waals surface area contributed by atoms with Gasteiger partial charge in [-0.05, 0) is 54.8 Å². The Balaban J connectivity index is 1.61. The first-order chi connectivity index (χ1) is 14.2. The van der Waals surface area contributed by atoms with E-state index in [1.54, 1.807) is 0 Å². The second kappa shape index (κ2) is 11.2. The van der Waals surface area contributed by atoms with Crippen LogP contribution in [0.1, 0.15) is 55.7 Å². The molecule has 0 aliphatic carbocycles. The van der Waals surface area contributed by atoms with Crippen LogP contribution in [0.15, 0.2) is 54.6 Å². The van der Waals surface area contributed by atoms with Gasteiger partial charge in [-0.2, -0.15) is 0 Å². The van der Waals surface area contributed by atoms with Gasteiger partial charge in [0.15, 0.2) is 0 Å². The van der Waals surface area contributed by atoms with Crippen LogP contribution in [-0.2, 0) is 17.6 Å². The molecule has 1 aliphatic heterocycles. The van der Waals surface area contributed by atoms with Crippen molar-refractivity contribution in [2.24, 2.45) is 5.92 Å². The molecule has 3 heteroatoms. The highest BCUT2D eigenvalue weighted by atomic mass is 16.1. The molecule has 29 heavy (non-hydrogen) atoms. The monoisotopic (exact) mass is 392 g/mol. The topological polar surface area (TPSA) is 32.3 Å². The number of amides is 1. The number of aryl methyl sites for hydroxylation is 1. The van der Waals surface area contributed by atoms with Crippen molar-refractivity contribution in [1.82, 2.24) is 10.2 Å². The minimum atomic E-state index is 0.0761. The number of nitrogens with zero attached hydrogens (tertiary/aromatic N) is 1. The van der Waals surface area contributed by atoms with E-state index >= 15 is 0 Å². The number of hydrogen-bond acceptors (Lipinski definition) is 2. The zero-order valence-electron chi connectivity index (χ0n) is 18.1. The van der Waals surface area contributed by atoms with E-state index in [9.17, 15) is 4.79 Å². The highest BCUT2D eigenvalue weighted by Gasteiger charge is 2.32. The van der Waals surface area contributed by atoms with E-state index in [-0.39, 0.29) is 11.8 Å². The van der Waals surface area contributed by atoms with Crippen LogP contribution in [0.25, 0.3) is 0 Å². The van der Waals surface area contributed by atoms with Crippen LogP contribution >= 0.6 is 0 Å². The van der Waals surface area contributed by atoms with Crippen molar-refractivity contribution in [2.75, 3.05) is 26.2 Å². The predicted molar refractivity (Wildman–Crippen MR) is 121 cm³/mol. The molecule has 1 amide bonds. The van der Waals surface area contributed by atoms with Gasteiger partial charge >= 0.3 is 0 Å². The Morgan fingerprint density at radius 3 is 2.45 bits per heavy atom. The summed E-state index contributed by atoms with van der Waals surface area (Å²) in [6.45, 7) is 8.19. The fraction of sp³-hybridized carbons (Fsp3) is 0.500. The second-order valence-corrected chi connectivity index (χ2v) is 8.36. The zero-order valence-corrected chi connectivity index (χ0v) is 18.1. The third-order valence-corrected chi connectivity index (χ3v) is 6.14. The molecule has 1 N–H and O–H groups in total. The normalized spacial score (nSPS) is 19.8. The third-order valence-electron chi connectivity index (χ3n) is 6.14. The van der Waals surface area contributed by atoms with Crippen LogP contribution in [0, 0.1) is 5.92 Å². The van der Waals surface area contributed by atoms with Gasteiger partial charge in [0.25, 0.3) is 0 Å². The Kier molecular flexibility index (Phi) is 8.30. The molecule has 2 aromatic rings. The van der Waals surface area contributed by atoms with Crippen molar-refractivity contribution >= 4 is 5.91 Å². The molecular weight excluding hydrogens is 356 g/mol. The smallest absolute Gasteiger partial charge is 0.224 e. The van der Waals surface area contributed by atoms with E-state index in [1.165, 1.54) is 29.5 Å². The Bertz CT molecular complexity index is 741. The van der Waals surface area contributed by atoms with E-state index in [0.29, 0.717) is 12.5 Å². The second-order valence-electron chi connectivity index (χ2n) is 8.36. The van der Waals surface area contributed by atoms with Gasteiger partial charge in [-0.15, -0.1) is 0 Å². The molecule has 1 aliphatic rings. The van der Waals surface area contributed by atoms with Crippen molar-refractivity contribution in [3.63, 3.8) is 0 Å². The summed E-state index contributed by atoms with van der Waals surface area (Å²) in [5.41, 5.74) is 4.03. The third kappa shape index (κ3) is 6.43. The van der Waals surface area contributed by atoms with Gasteiger partial charge in [-0.3, -0.25) is 4.79 Å². The fourth-order valence-electron chi connectivity index (χ4n) is 4.33. The molecule has 3 nitrogen and oxygen atoms in total. The van der Waals surface area contributed by atoms with Crippen molar-refractivity contribution in [3.8, 4) is 0 Å². The van der Waals surface area contributed by atoms with E-state index in [4.69, 9.17) is 0 Å². The van der Waals surface area contributed by atoms with Gasteiger partial charge in [-0.25, -0.2) is 0 Å². The molecular formula is C26H36N2O. The molecule has 156 valence electrons. The molecule has 0 radical (unpaired) electrons. The SMILES string of the molecule is CCCCN1CC(C(=O)NCCc2ccccc2)CC(c2ccc(CC)cc2)C1. The van der Waals surface area contributed by atoms with Crippen molar-refractivity contribution in [1.29, 1.82) is 0 Å². The van der Waals surface area contributed by atoms with Gasteiger partial charge in [0.1, 0.15) is 0 Å². The summed E-state index contributed by atoms with van der Waals surface area (Å²) in [5.74, 6) is 0.737. The highest BCUT2D eigenvalue weighted by molar-refractivity contribution is 5.79. The van der Waals surface area contributed by atoms with Gasteiger partial charge < -0.3 is 10.2 Å². The van der Waals surface area contributed by atoms with Crippen LogP contribution in [0.2, 0.25) is 0 Å². The van der Waals surface area contributed by atoms with Crippen LogP contribution in [0.4, 0.5) is 0 Å². The first kappa shape index (κ1) is 21.6. The van der Waals surface area contributed by atoms with Crippen LogP contribution in [0.5, 0.6) is 0 Å². The summed E-state index contributed by atoms with van der Waals surface area (Å²) < 4.78 is 0. The molecule has 0 spiro atoms. The van der Waals surface area contributed by atoms with Crippen molar-refractivity contribution in [2.45, 2.75) is 51.9 Å². The summed E-state index contributed by atoms with van der Waals surface area (Å²) in [6.07, 6.45) is 5.30. The molecule has 1 fully saturated rings. The lowest BCUT2D eigenvalue weighted by Gasteiger charge is -2.37. The molecule has 1 heterocycles. The van der Waals surface area contributed by atoms with Crippen molar-refractivity contribution in [3.05, 3.63) is 71.3 Å². The number of carbonyl (C=O) groups is 1. The lowest BCUT2D eigenvalue weighted by Crippen LogP contribution is -2.46. The summed E-state index contributed by atoms with van der Waals surface area (Å²) in [5, 5.41) is 3.20. The maximum atomic E-state index is 12.9. The summed E-state index contributed by atoms with van der Waals surface area (Å²) in [6, 6.07) is 19.4. The van der Waals surface area contributed by atoms with E-state index < -0.39 is 0 Å². The molecule has 2 unspecified atom stereocenters. The van der Waals surface area contributed by atoms with Crippen molar-refractivity contribution < 1.29 is 4.79 Å². The lowest BCUT2D eigenvalue weighted by atomic mass is 9.83. The molecule has 0 aromatic heterocycles. The summed E-state index contributed by atoms with van der Waals surface area (Å²) in [7, 11) is 0. The minimum Gasteiger partial charge on any atom is -0.355 e. The number of piperidine rings is 1. The number of likely N-dealkylation sites (tertiary alicyclic amines) is 1. The predicted octanol–water partition coefficient (Wildman–Crippen LogP) is 4.81. The molecule has 0 saturated carbocycles. The van der Waals surface area contributed by atoms with Gasteiger partial charge in [0, 0.05) is 19.6 Å². The Labute approximate surface area is 176 Å². The number of rotatable bonds is 9. The quantitative estimate of drug-likeness (QED) is 0.664. The summed E-state index contributed by atoms with van der Waals surface area (Å²) >= 11 is 0. The van der Waals surface area contributed by atoms with Crippen LogP contribution in [-0.4, -0.2) is 37.0 Å². The molecule has 1 saturated heterocycles. The fourth-order valence-corrected chi connectivity index (χ4v) is 4.33. The average Bonchev–Trinajstić information content (AvgIpc) is 2.78. The largest absolute Gasteiger partial charge is 0.355 e. The molecule has 0 bridgehead atoms. The van der Waals surface area contributed by atoms with Gasteiger partial charge in [0.2, 0.25) is 5.91 Å². The number of unbranched alkanes of at least 4 members (excludes halogenated alkanes) is 1. The summed E-state index contributed by atoms with van der Waals surface area (Å²) in [4.78, 5) is 15.5. The Morgan fingerprint density at radius 1 is 1.00 bits per heavy atom. The average molecular weight is 393 g/mol. The standard InChI is InChI=1S/C26H36N2O/c1-3-5-17-28-19-24(23-13-11-21(4-2)12-14-23)18-25(20-28)26(29)27-16-15-22-9-7-6-8-10-22/h6-14,24-25H,3-5,15-20H2,1-2H3,(H,27,29). The first-order valence-corrected chi connectivity index (χ1v) is 11.3. The Morgan fingerprint density at radius 2 is 1.76 bits per heavy atom. The van der Waals surface area contributed by atoms with E-state index in [1.807, 2.05) is 6.07 Å². The molecule has 3 rings (SSSR count). The highest BCUT2D eigenvalue weighted by Crippen LogP contribution is 2.31. The van der Waals surface area contributed by atoms with E-state index in [0.717, 1.165) is 38.9 Å². The zero-order chi connectivity index (χ0) is 20.5. The van der Waals surface area contributed by atoms with Gasteiger partial charge in [-0.1, -0.05) is 74.9 Å². The molecule has 2 aromatic carbocycles.